The summed E-state index contributed by atoms with van der Waals surface area (Å²) in [6.07, 6.45) is 23.9. The van der Waals surface area contributed by atoms with Gasteiger partial charge in [-0.3, -0.25) is 0 Å². The normalized spacial score (nSPS) is 12.2. The van der Waals surface area contributed by atoms with Gasteiger partial charge in [0.2, 0.25) is 0 Å². The van der Waals surface area contributed by atoms with Gasteiger partial charge in [0.1, 0.15) is 0 Å². The lowest BCUT2D eigenvalue weighted by Crippen LogP contribution is -2.10. The molecule has 0 aromatic carbocycles. The number of aliphatic carboxylic acids is 1. The highest BCUT2D eigenvalue weighted by Gasteiger charge is 2.15. The van der Waals surface area contributed by atoms with Crippen LogP contribution >= 0.6 is 0 Å². The van der Waals surface area contributed by atoms with Crippen LogP contribution in [0.3, 0.4) is 0 Å². The van der Waals surface area contributed by atoms with Gasteiger partial charge in [0.15, 0.2) is 0 Å². The smallest absolute Gasteiger partial charge is 0.331 e. The fourth-order valence-corrected chi connectivity index (χ4v) is 3.74. The van der Waals surface area contributed by atoms with Gasteiger partial charge < -0.3 is 5.11 Å². The molecule has 0 fully saturated rings. The van der Waals surface area contributed by atoms with Gasteiger partial charge in [-0.1, -0.05) is 123 Å². The van der Waals surface area contributed by atoms with Crippen molar-refractivity contribution in [3.63, 3.8) is 0 Å². The molecule has 1 atom stereocenters. The van der Waals surface area contributed by atoms with Crippen molar-refractivity contribution >= 4 is 5.97 Å². The summed E-state index contributed by atoms with van der Waals surface area (Å²) in [7, 11) is 0. The standard InChI is InChI=1S/C24H46O2/c1-4-6-7-8-9-10-11-12-13-14-15-16-17-18-19-20-21-23(5-2)22(3)24(25)26/h23H,3-21H2,1-2H3,(H,25,26). The maximum absolute atomic E-state index is 11.0. The van der Waals surface area contributed by atoms with Crippen LogP contribution in [0.15, 0.2) is 12.2 Å². The van der Waals surface area contributed by atoms with Crippen LogP contribution in [0.4, 0.5) is 0 Å². The molecule has 0 aliphatic carbocycles. The number of carboxylic acid groups (broad SMARTS) is 1. The van der Waals surface area contributed by atoms with E-state index in [2.05, 4.69) is 20.4 Å². The highest BCUT2D eigenvalue weighted by molar-refractivity contribution is 5.86. The van der Waals surface area contributed by atoms with Gasteiger partial charge in [-0.05, 0) is 18.8 Å². The first-order chi connectivity index (χ1) is 12.6. The highest BCUT2D eigenvalue weighted by atomic mass is 16.4. The van der Waals surface area contributed by atoms with Gasteiger partial charge in [-0.2, -0.15) is 0 Å². The van der Waals surface area contributed by atoms with Crippen molar-refractivity contribution in [1.29, 1.82) is 0 Å². The molecule has 0 amide bonds. The van der Waals surface area contributed by atoms with Crippen molar-refractivity contribution in [3.05, 3.63) is 12.2 Å². The van der Waals surface area contributed by atoms with Crippen LogP contribution in [0.25, 0.3) is 0 Å². The predicted octanol–water partition coefficient (Wildman–Crippen LogP) is 8.31. The zero-order valence-electron chi connectivity index (χ0n) is 17.9. The number of carbonyl (C=O) groups is 1. The Kier molecular flexibility index (Phi) is 18.4. The Labute approximate surface area is 163 Å². The molecule has 0 spiro atoms. The molecule has 0 heterocycles. The van der Waals surface area contributed by atoms with Crippen LogP contribution < -0.4 is 0 Å². The van der Waals surface area contributed by atoms with Crippen molar-refractivity contribution in [3.8, 4) is 0 Å². The van der Waals surface area contributed by atoms with Crippen LogP contribution in [-0.2, 0) is 4.79 Å². The summed E-state index contributed by atoms with van der Waals surface area (Å²) in [5.74, 6) is -0.660. The molecule has 0 saturated carbocycles. The first-order valence-corrected chi connectivity index (χ1v) is 11.6. The van der Waals surface area contributed by atoms with Gasteiger partial charge in [-0.25, -0.2) is 4.79 Å². The van der Waals surface area contributed by atoms with Gasteiger partial charge in [0.05, 0.1) is 0 Å². The molecule has 2 nitrogen and oxygen atoms in total. The fraction of sp³-hybridized carbons (Fsp3) is 0.875. The molecule has 154 valence electrons. The first-order valence-electron chi connectivity index (χ1n) is 11.6. The van der Waals surface area contributed by atoms with Gasteiger partial charge >= 0.3 is 5.97 Å². The summed E-state index contributed by atoms with van der Waals surface area (Å²) in [4.78, 5) is 11.0. The SMILES string of the molecule is C=C(C(=O)O)C(CC)CCCCCCCCCCCCCCCCCC. The molecule has 0 aliphatic heterocycles. The summed E-state index contributed by atoms with van der Waals surface area (Å²) in [5, 5.41) is 9.02. The van der Waals surface area contributed by atoms with E-state index in [0.717, 1.165) is 19.3 Å². The second-order valence-electron chi connectivity index (χ2n) is 8.03. The van der Waals surface area contributed by atoms with Crippen molar-refractivity contribution in [1.82, 2.24) is 0 Å². The van der Waals surface area contributed by atoms with Crippen molar-refractivity contribution < 1.29 is 9.90 Å². The minimum atomic E-state index is -0.826. The molecule has 0 aromatic rings. The molecule has 0 rings (SSSR count). The monoisotopic (exact) mass is 366 g/mol. The molecule has 26 heavy (non-hydrogen) atoms. The average Bonchev–Trinajstić information content (AvgIpc) is 2.64. The molecule has 2 heteroatoms. The van der Waals surface area contributed by atoms with E-state index in [1.54, 1.807) is 0 Å². The van der Waals surface area contributed by atoms with E-state index in [1.807, 2.05) is 0 Å². The summed E-state index contributed by atoms with van der Waals surface area (Å²) in [6.45, 7) is 8.06. The Morgan fingerprint density at radius 2 is 1.04 bits per heavy atom. The second kappa shape index (κ2) is 19.0. The molecular weight excluding hydrogens is 320 g/mol. The fourth-order valence-electron chi connectivity index (χ4n) is 3.74. The number of hydrogen-bond donors (Lipinski definition) is 1. The molecule has 1 unspecified atom stereocenters. The largest absolute Gasteiger partial charge is 0.478 e. The van der Waals surface area contributed by atoms with E-state index in [4.69, 9.17) is 5.11 Å². The van der Waals surface area contributed by atoms with Crippen molar-refractivity contribution in [2.24, 2.45) is 5.92 Å². The van der Waals surface area contributed by atoms with Gasteiger partial charge in [-0.15, -0.1) is 0 Å². The topological polar surface area (TPSA) is 37.3 Å². The van der Waals surface area contributed by atoms with Crippen LogP contribution in [0.1, 0.15) is 129 Å². The van der Waals surface area contributed by atoms with E-state index in [0.29, 0.717) is 5.57 Å². The lowest BCUT2D eigenvalue weighted by molar-refractivity contribution is -0.133. The number of rotatable bonds is 20. The van der Waals surface area contributed by atoms with Crippen molar-refractivity contribution in [2.75, 3.05) is 0 Å². The summed E-state index contributed by atoms with van der Waals surface area (Å²) in [5.41, 5.74) is 0.397. The second-order valence-corrected chi connectivity index (χ2v) is 8.03. The lowest BCUT2D eigenvalue weighted by Gasteiger charge is -2.14. The van der Waals surface area contributed by atoms with E-state index >= 15 is 0 Å². The third-order valence-corrected chi connectivity index (χ3v) is 5.67. The number of unbranched alkanes of at least 4 members (excludes halogenated alkanes) is 15. The number of hydrogen-bond acceptors (Lipinski definition) is 1. The minimum absolute atomic E-state index is 0.166. The summed E-state index contributed by atoms with van der Waals surface area (Å²) in [6, 6.07) is 0. The molecule has 0 aliphatic rings. The Bertz CT molecular complexity index is 335. The molecule has 0 bridgehead atoms. The highest BCUT2D eigenvalue weighted by Crippen LogP contribution is 2.22. The van der Waals surface area contributed by atoms with E-state index < -0.39 is 5.97 Å². The van der Waals surface area contributed by atoms with E-state index in [9.17, 15) is 4.79 Å². The van der Waals surface area contributed by atoms with Gasteiger partial charge in [0, 0.05) is 5.57 Å². The van der Waals surface area contributed by atoms with Crippen LogP contribution in [0.2, 0.25) is 0 Å². The predicted molar refractivity (Wildman–Crippen MR) is 115 cm³/mol. The number of carboxylic acids is 1. The maximum Gasteiger partial charge on any atom is 0.331 e. The van der Waals surface area contributed by atoms with Crippen LogP contribution in [0, 0.1) is 5.92 Å². The zero-order chi connectivity index (χ0) is 19.5. The summed E-state index contributed by atoms with van der Waals surface area (Å²) >= 11 is 0. The van der Waals surface area contributed by atoms with E-state index in [1.165, 1.54) is 96.3 Å². The van der Waals surface area contributed by atoms with Crippen LogP contribution in [-0.4, -0.2) is 11.1 Å². The first kappa shape index (κ1) is 25.2. The molecule has 0 radical (unpaired) electrons. The Morgan fingerprint density at radius 3 is 1.35 bits per heavy atom. The van der Waals surface area contributed by atoms with Crippen LogP contribution in [0.5, 0.6) is 0 Å². The zero-order valence-corrected chi connectivity index (χ0v) is 17.9. The Morgan fingerprint density at radius 1 is 0.692 bits per heavy atom. The maximum atomic E-state index is 11.0. The molecular formula is C24H46O2. The lowest BCUT2D eigenvalue weighted by atomic mass is 9.91. The van der Waals surface area contributed by atoms with Gasteiger partial charge in [0.25, 0.3) is 0 Å². The third-order valence-electron chi connectivity index (χ3n) is 5.67. The third kappa shape index (κ3) is 15.5. The molecule has 1 N–H and O–H groups in total. The summed E-state index contributed by atoms with van der Waals surface area (Å²) < 4.78 is 0. The Hall–Kier alpha value is -0.790. The molecule has 0 aromatic heterocycles. The average molecular weight is 367 g/mol. The quantitative estimate of drug-likeness (QED) is 0.174. The Balaban J connectivity index is 3.26. The van der Waals surface area contributed by atoms with Crippen molar-refractivity contribution in [2.45, 2.75) is 129 Å². The molecule has 0 saturated heterocycles. The van der Waals surface area contributed by atoms with E-state index in [-0.39, 0.29) is 5.92 Å². The minimum Gasteiger partial charge on any atom is -0.478 e.